The highest BCUT2D eigenvalue weighted by Gasteiger charge is 2.15. The lowest BCUT2D eigenvalue weighted by atomic mass is 10.1. The normalized spacial score (nSPS) is 12.8. The molecule has 0 bridgehead atoms. The zero-order valence-electron chi connectivity index (χ0n) is 12.8. The van der Waals surface area contributed by atoms with Crippen LogP contribution in [0.1, 0.15) is 31.2 Å². The van der Waals surface area contributed by atoms with Crippen LogP contribution in [0.2, 0.25) is 0 Å². The van der Waals surface area contributed by atoms with Gasteiger partial charge in [0.1, 0.15) is 17.4 Å². The van der Waals surface area contributed by atoms with Crippen molar-refractivity contribution in [3.05, 3.63) is 59.6 Å². The molecule has 3 nitrogen and oxygen atoms in total. The number of ether oxygens (including phenoxy) is 1. The van der Waals surface area contributed by atoms with E-state index < -0.39 is 11.6 Å². The minimum absolute atomic E-state index is 0.182. The standard InChI is InChI=1S/C17H21F2NO2/c1-12(2)10-21-11-16(17-4-3-7-22-17)20-9-13-5-6-14(18)8-15(13)19/h3-8,12,16,20H,9-11H2,1-2H3. The van der Waals surface area contributed by atoms with Crippen molar-refractivity contribution < 1.29 is 17.9 Å². The Bertz CT molecular complexity index is 570. The molecule has 0 aliphatic rings. The molecule has 5 heteroatoms. The van der Waals surface area contributed by atoms with Crippen molar-refractivity contribution >= 4 is 0 Å². The SMILES string of the molecule is CC(C)COCC(NCc1ccc(F)cc1F)c1ccco1. The van der Waals surface area contributed by atoms with Crippen molar-refractivity contribution in [1.82, 2.24) is 5.32 Å². The minimum atomic E-state index is -0.580. The van der Waals surface area contributed by atoms with E-state index in [2.05, 4.69) is 19.2 Å². The Morgan fingerprint density at radius 1 is 1.18 bits per heavy atom. The van der Waals surface area contributed by atoms with Crippen LogP contribution in [0.5, 0.6) is 0 Å². The number of furan rings is 1. The molecule has 0 amide bonds. The molecule has 0 aliphatic carbocycles. The van der Waals surface area contributed by atoms with Crippen LogP contribution in [0.3, 0.4) is 0 Å². The Morgan fingerprint density at radius 2 is 2.00 bits per heavy atom. The topological polar surface area (TPSA) is 34.4 Å². The Morgan fingerprint density at radius 3 is 2.64 bits per heavy atom. The summed E-state index contributed by atoms with van der Waals surface area (Å²) in [5.41, 5.74) is 0.404. The smallest absolute Gasteiger partial charge is 0.130 e. The summed E-state index contributed by atoms with van der Waals surface area (Å²) < 4.78 is 37.6. The zero-order valence-corrected chi connectivity index (χ0v) is 12.8. The van der Waals surface area contributed by atoms with Crippen LogP contribution in [-0.4, -0.2) is 13.2 Å². The van der Waals surface area contributed by atoms with Crippen LogP contribution in [0, 0.1) is 17.6 Å². The van der Waals surface area contributed by atoms with Crippen molar-refractivity contribution in [2.24, 2.45) is 5.92 Å². The molecule has 0 radical (unpaired) electrons. The highest BCUT2D eigenvalue weighted by Crippen LogP contribution is 2.16. The van der Waals surface area contributed by atoms with E-state index in [9.17, 15) is 8.78 Å². The first-order valence-electron chi connectivity index (χ1n) is 7.34. The molecule has 0 spiro atoms. The molecular weight excluding hydrogens is 288 g/mol. The van der Waals surface area contributed by atoms with Gasteiger partial charge in [-0.05, 0) is 24.1 Å². The molecule has 1 unspecified atom stereocenters. The fourth-order valence-corrected chi connectivity index (χ4v) is 2.05. The number of halogens is 2. The third-order valence-electron chi connectivity index (χ3n) is 3.18. The second-order valence-corrected chi connectivity index (χ2v) is 5.62. The van der Waals surface area contributed by atoms with Crippen molar-refractivity contribution in [1.29, 1.82) is 0 Å². The van der Waals surface area contributed by atoms with Gasteiger partial charge in [-0.25, -0.2) is 8.78 Å². The molecule has 1 aromatic heterocycles. The molecule has 120 valence electrons. The lowest BCUT2D eigenvalue weighted by Crippen LogP contribution is -2.26. The van der Waals surface area contributed by atoms with E-state index in [-0.39, 0.29) is 12.6 Å². The summed E-state index contributed by atoms with van der Waals surface area (Å²) in [7, 11) is 0. The van der Waals surface area contributed by atoms with Crippen molar-refractivity contribution in [3.63, 3.8) is 0 Å². The molecule has 1 N–H and O–H groups in total. The third-order valence-corrected chi connectivity index (χ3v) is 3.18. The number of rotatable bonds is 8. The predicted octanol–water partition coefficient (Wildman–Crippen LogP) is 4.06. The van der Waals surface area contributed by atoms with E-state index in [0.717, 1.165) is 11.8 Å². The van der Waals surface area contributed by atoms with Crippen LogP contribution in [0.15, 0.2) is 41.0 Å². The Kier molecular flexibility index (Phi) is 6.10. The molecule has 22 heavy (non-hydrogen) atoms. The van der Waals surface area contributed by atoms with Crippen LogP contribution < -0.4 is 5.32 Å². The van der Waals surface area contributed by atoms with E-state index in [0.29, 0.717) is 24.7 Å². The summed E-state index contributed by atoms with van der Waals surface area (Å²) in [6, 6.07) is 7.03. The van der Waals surface area contributed by atoms with E-state index in [1.54, 1.807) is 12.3 Å². The molecule has 0 aliphatic heterocycles. The van der Waals surface area contributed by atoms with Gasteiger partial charge in [0.05, 0.1) is 18.9 Å². The third kappa shape index (κ3) is 4.93. The summed E-state index contributed by atoms with van der Waals surface area (Å²) in [6.07, 6.45) is 1.59. The zero-order chi connectivity index (χ0) is 15.9. The molecule has 1 aromatic carbocycles. The fourth-order valence-electron chi connectivity index (χ4n) is 2.05. The van der Waals surface area contributed by atoms with Crippen LogP contribution in [0.25, 0.3) is 0 Å². The van der Waals surface area contributed by atoms with Crippen molar-refractivity contribution in [2.45, 2.75) is 26.4 Å². The quantitative estimate of drug-likeness (QED) is 0.798. The average molecular weight is 309 g/mol. The molecule has 0 saturated heterocycles. The van der Waals surface area contributed by atoms with Gasteiger partial charge in [-0.2, -0.15) is 0 Å². The molecule has 0 saturated carbocycles. The number of nitrogens with one attached hydrogen (secondary N) is 1. The predicted molar refractivity (Wildman–Crippen MR) is 80.3 cm³/mol. The number of benzene rings is 1. The second-order valence-electron chi connectivity index (χ2n) is 5.62. The molecule has 0 fully saturated rings. The summed E-state index contributed by atoms with van der Waals surface area (Å²) in [5, 5.41) is 3.19. The van der Waals surface area contributed by atoms with Gasteiger partial charge >= 0.3 is 0 Å². The van der Waals surface area contributed by atoms with Crippen molar-refractivity contribution in [3.8, 4) is 0 Å². The van der Waals surface area contributed by atoms with E-state index in [4.69, 9.17) is 9.15 Å². The summed E-state index contributed by atoms with van der Waals surface area (Å²) in [6.45, 7) is 5.48. The lowest BCUT2D eigenvalue weighted by Gasteiger charge is -2.18. The maximum Gasteiger partial charge on any atom is 0.130 e. The van der Waals surface area contributed by atoms with Gasteiger partial charge in [-0.3, -0.25) is 0 Å². The number of hydrogen-bond acceptors (Lipinski definition) is 3. The Hall–Kier alpha value is -1.72. The fraction of sp³-hybridized carbons (Fsp3) is 0.412. The minimum Gasteiger partial charge on any atom is -0.468 e. The van der Waals surface area contributed by atoms with Gasteiger partial charge in [0, 0.05) is 24.8 Å². The van der Waals surface area contributed by atoms with Gasteiger partial charge in [-0.1, -0.05) is 19.9 Å². The Labute approximate surface area is 129 Å². The molecule has 1 heterocycles. The van der Waals surface area contributed by atoms with E-state index in [1.165, 1.54) is 12.1 Å². The maximum atomic E-state index is 13.7. The average Bonchev–Trinajstić information content (AvgIpc) is 2.98. The monoisotopic (exact) mass is 309 g/mol. The Balaban J connectivity index is 1.97. The summed E-state index contributed by atoms with van der Waals surface area (Å²) in [5.74, 6) is 0.0240. The summed E-state index contributed by atoms with van der Waals surface area (Å²) in [4.78, 5) is 0. The lowest BCUT2D eigenvalue weighted by molar-refractivity contribution is 0.0843. The molecule has 1 atom stereocenters. The van der Waals surface area contributed by atoms with Gasteiger partial charge < -0.3 is 14.5 Å². The highest BCUT2D eigenvalue weighted by atomic mass is 19.1. The van der Waals surface area contributed by atoms with Gasteiger partial charge in [-0.15, -0.1) is 0 Å². The maximum absolute atomic E-state index is 13.7. The summed E-state index contributed by atoms with van der Waals surface area (Å²) >= 11 is 0. The first kappa shape index (κ1) is 16.6. The molecule has 2 rings (SSSR count). The van der Waals surface area contributed by atoms with Crippen molar-refractivity contribution in [2.75, 3.05) is 13.2 Å². The van der Waals surface area contributed by atoms with Gasteiger partial charge in [0.15, 0.2) is 0 Å². The largest absolute Gasteiger partial charge is 0.468 e. The van der Waals surface area contributed by atoms with Crippen LogP contribution >= 0.6 is 0 Å². The molecular formula is C17H21F2NO2. The number of hydrogen-bond donors (Lipinski definition) is 1. The molecule has 2 aromatic rings. The van der Waals surface area contributed by atoms with Gasteiger partial charge in [0.2, 0.25) is 0 Å². The first-order chi connectivity index (χ1) is 10.6. The van der Waals surface area contributed by atoms with Crippen LogP contribution in [0.4, 0.5) is 8.78 Å². The highest BCUT2D eigenvalue weighted by molar-refractivity contribution is 5.18. The van der Waals surface area contributed by atoms with E-state index in [1.807, 2.05) is 6.07 Å². The van der Waals surface area contributed by atoms with E-state index >= 15 is 0 Å². The second kappa shape index (κ2) is 8.06. The first-order valence-corrected chi connectivity index (χ1v) is 7.34. The van der Waals surface area contributed by atoms with Crippen LogP contribution in [-0.2, 0) is 11.3 Å². The van der Waals surface area contributed by atoms with Gasteiger partial charge in [0.25, 0.3) is 0 Å².